The van der Waals surface area contributed by atoms with Crippen LogP contribution in [0.15, 0.2) is 212 Å². The molecule has 0 atom stereocenters. The summed E-state index contributed by atoms with van der Waals surface area (Å²) in [5.74, 6) is 0.674. The second-order valence-corrected chi connectivity index (χ2v) is 16.2. The van der Waals surface area contributed by atoms with Crippen molar-refractivity contribution in [1.29, 1.82) is 0 Å². The maximum atomic E-state index is 5.40. The molecule has 9 aromatic carbocycles. The van der Waals surface area contributed by atoms with E-state index < -0.39 is 0 Å². The van der Waals surface area contributed by atoms with Crippen LogP contribution in [0.25, 0.3) is 127 Å². The predicted molar refractivity (Wildman–Crippen MR) is 261 cm³/mol. The third-order valence-electron chi connectivity index (χ3n) is 12.6. The van der Waals surface area contributed by atoms with E-state index in [1.807, 2.05) is 24.3 Å². The lowest BCUT2D eigenvalue weighted by Crippen LogP contribution is -1.97. The topological polar surface area (TPSA) is 56.0 Å². The molecule has 13 rings (SSSR count). The molecule has 63 heavy (non-hydrogen) atoms. The Kier molecular flexibility index (Phi) is 7.84. The van der Waals surface area contributed by atoms with Crippen LogP contribution in [-0.2, 0) is 0 Å². The zero-order valence-electron chi connectivity index (χ0n) is 33.9. The van der Waals surface area contributed by atoms with Crippen molar-refractivity contribution in [2.24, 2.45) is 0 Å². The number of fused-ring (bicyclic) bond motifs is 11. The van der Waals surface area contributed by atoms with E-state index in [0.717, 1.165) is 88.8 Å². The third kappa shape index (κ3) is 5.71. The van der Waals surface area contributed by atoms with Gasteiger partial charge in [0.1, 0.15) is 11.2 Å². The Morgan fingerprint density at radius 2 is 0.873 bits per heavy atom. The fraction of sp³-hybridized carbons (Fsp3) is 0. The number of hydrogen-bond donors (Lipinski definition) is 0. The van der Waals surface area contributed by atoms with E-state index in [2.05, 4.69) is 193 Å². The number of imidazole rings is 1. The van der Waals surface area contributed by atoms with Crippen LogP contribution >= 0.6 is 0 Å². The molecule has 4 heterocycles. The van der Waals surface area contributed by atoms with Gasteiger partial charge in [0.05, 0.1) is 28.1 Å². The number of benzene rings is 9. The van der Waals surface area contributed by atoms with E-state index in [1.54, 1.807) is 0 Å². The molecule has 292 valence electrons. The summed E-state index contributed by atoms with van der Waals surface area (Å²) in [5.41, 5.74) is 12.8. The van der Waals surface area contributed by atoms with Crippen molar-refractivity contribution < 1.29 is 0 Å². The van der Waals surface area contributed by atoms with Gasteiger partial charge >= 0.3 is 0 Å². The average Bonchev–Trinajstić information content (AvgIpc) is 3.76. The largest absolute Gasteiger partial charge is 0.298 e. The summed E-state index contributed by atoms with van der Waals surface area (Å²) in [6, 6.07) is 73.0. The predicted octanol–water partition coefficient (Wildman–Crippen LogP) is 14.8. The zero-order valence-corrected chi connectivity index (χ0v) is 33.9. The maximum Gasteiger partial charge on any atom is 0.160 e. The van der Waals surface area contributed by atoms with Gasteiger partial charge in [-0.15, -0.1) is 0 Å². The number of para-hydroxylation sites is 1. The van der Waals surface area contributed by atoms with Crippen LogP contribution in [0.4, 0.5) is 0 Å². The highest BCUT2D eigenvalue weighted by Crippen LogP contribution is 2.40. The molecule has 0 aliphatic rings. The Morgan fingerprint density at radius 1 is 0.333 bits per heavy atom. The van der Waals surface area contributed by atoms with E-state index in [4.69, 9.17) is 19.9 Å². The molecule has 0 radical (unpaired) electrons. The SMILES string of the molecule is c1cc(-c2ccc(-c3nc(-c4cc5ccccc5c5ccccc45)cc(-c4cc5ccccc5c5ccccc45)n3)cc2)cc(-c2nc3ccccc3c3nc4ccccn4c23)c1. The Bertz CT molecular complexity index is 3840. The summed E-state index contributed by atoms with van der Waals surface area (Å²) in [7, 11) is 0. The van der Waals surface area contributed by atoms with Crippen LogP contribution in [0.5, 0.6) is 0 Å². The quantitative estimate of drug-likeness (QED) is 0.163. The Balaban J connectivity index is 0.973. The van der Waals surface area contributed by atoms with E-state index in [9.17, 15) is 0 Å². The van der Waals surface area contributed by atoms with Gasteiger partial charge in [-0.2, -0.15) is 0 Å². The molecule has 0 saturated heterocycles. The van der Waals surface area contributed by atoms with Crippen LogP contribution < -0.4 is 0 Å². The van der Waals surface area contributed by atoms with Crippen molar-refractivity contribution >= 4 is 70.7 Å². The first-order valence-electron chi connectivity index (χ1n) is 21.3. The van der Waals surface area contributed by atoms with Crippen LogP contribution in [0.3, 0.4) is 0 Å². The zero-order chi connectivity index (χ0) is 41.4. The molecule has 4 aromatic heterocycles. The van der Waals surface area contributed by atoms with Gasteiger partial charge in [-0.1, -0.05) is 164 Å². The first-order valence-corrected chi connectivity index (χ1v) is 21.3. The van der Waals surface area contributed by atoms with Gasteiger partial charge in [0, 0.05) is 33.8 Å². The average molecular weight is 802 g/mol. The number of pyridine rings is 2. The molecule has 0 N–H and O–H groups in total. The summed E-state index contributed by atoms with van der Waals surface area (Å²) in [5, 5.41) is 10.6. The van der Waals surface area contributed by atoms with Gasteiger partial charge in [-0.05, 0) is 96.7 Å². The van der Waals surface area contributed by atoms with Crippen LogP contribution in [-0.4, -0.2) is 24.3 Å². The molecule has 0 amide bonds. The minimum Gasteiger partial charge on any atom is -0.298 e. The lowest BCUT2D eigenvalue weighted by atomic mass is 9.93. The maximum absolute atomic E-state index is 5.40. The van der Waals surface area contributed by atoms with Crippen molar-refractivity contribution in [3.8, 4) is 56.3 Å². The van der Waals surface area contributed by atoms with Crippen LogP contribution in [0.1, 0.15) is 0 Å². The van der Waals surface area contributed by atoms with Gasteiger partial charge < -0.3 is 0 Å². The van der Waals surface area contributed by atoms with Gasteiger partial charge in [0.15, 0.2) is 5.82 Å². The normalized spacial score (nSPS) is 11.8. The first-order chi connectivity index (χ1) is 31.2. The summed E-state index contributed by atoms with van der Waals surface area (Å²) < 4.78 is 2.15. The molecule has 5 heteroatoms. The van der Waals surface area contributed by atoms with Gasteiger partial charge in [-0.3, -0.25) is 4.40 Å². The van der Waals surface area contributed by atoms with Gasteiger partial charge in [0.25, 0.3) is 0 Å². The van der Waals surface area contributed by atoms with Gasteiger partial charge in [0.2, 0.25) is 0 Å². The van der Waals surface area contributed by atoms with Crippen LogP contribution in [0.2, 0.25) is 0 Å². The molecule has 0 bridgehead atoms. The monoisotopic (exact) mass is 801 g/mol. The lowest BCUT2D eigenvalue weighted by Gasteiger charge is -2.15. The molecule has 0 unspecified atom stereocenters. The van der Waals surface area contributed by atoms with E-state index >= 15 is 0 Å². The summed E-state index contributed by atoms with van der Waals surface area (Å²) in [4.78, 5) is 21.1. The fourth-order valence-corrected chi connectivity index (χ4v) is 9.60. The molecule has 0 aliphatic heterocycles. The first kappa shape index (κ1) is 35.2. The highest BCUT2D eigenvalue weighted by atomic mass is 15.0. The Hall–Kier alpha value is -8.54. The minimum atomic E-state index is 0.674. The molecule has 13 aromatic rings. The van der Waals surface area contributed by atoms with Crippen LogP contribution in [0, 0.1) is 0 Å². The second kappa shape index (κ2) is 14.0. The standard InChI is InChI=1S/C58H35N5/c1-3-18-42-39(14-1)33-49(46-22-7-5-20-44(42)46)52-35-53(50-34-40-15-2-4-19-43(40)45-21-6-8-23-47(45)50)61-58(60-52)37-29-27-36(28-30-37)38-16-13-17-41(32-38)55-57-56(48-24-9-10-25-51(48)59-55)62-54-26-11-12-31-63(54)57/h1-35H. The summed E-state index contributed by atoms with van der Waals surface area (Å²) >= 11 is 0. The van der Waals surface area contributed by atoms with Crippen molar-refractivity contribution in [3.05, 3.63) is 212 Å². The molecule has 0 aliphatic carbocycles. The smallest absolute Gasteiger partial charge is 0.160 e. The second-order valence-electron chi connectivity index (χ2n) is 16.2. The highest BCUT2D eigenvalue weighted by Gasteiger charge is 2.19. The Labute approximate surface area is 362 Å². The number of rotatable bonds is 5. The molecular formula is C58H35N5. The van der Waals surface area contributed by atoms with Crippen molar-refractivity contribution in [2.75, 3.05) is 0 Å². The van der Waals surface area contributed by atoms with Crippen molar-refractivity contribution in [1.82, 2.24) is 24.3 Å². The van der Waals surface area contributed by atoms with Crippen molar-refractivity contribution in [3.63, 3.8) is 0 Å². The third-order valence-corrected chi connectivity index (χ3v) is 12.6. The van der Waals surface area contributed by atoms with E-state index in [0.29, 0.717) is 5.82 Å². The van der Waals surface area contributed by atoms with Crippen molar-refractivity contribution in [2.45, 2.75) is 0 Å². The molecular weight excluding hydrogens is 767 g/mol. The number of hydrogen-bond acceptors (Lipinski definition) is 4. The minimum absolute atomic E-state index is 0.674. The number of nitrogens with zero attached hydrogens (tertiary/aromatic N) is 5. The lowest BCUT2D eigenvalue weighted by molar-refractivity contribution is 1.19. The molecule has 0 spiro atoms. The van der Waals surface area contributed by atoms with E-state index in [-0.39, 0.29) is 0 Å². The Morgan fingerprint density at radius 3 is 1.54 bits per heavy atom. The molecule has 0 fully saturated rings. The molecule has 0 saturated carbocycles. The highest BCUT2D eigenvalue weighted by molar-refractivity contribution is 6.15. The summed E-state index contributed by atoms with van der Waals surface area (Å²) in [6.07, 6.45) is 2.07. The number of aromatic nitrogens is 5. The van der Waals surface area contributed by atoms with Gasteiger partial charge in [-0.25, -0.2) is 19.9 Å². The molecule has 5 nitrogen and oxygen atoms in total. The fourth-order valence-electron chi connectivity index (χ4n) is 9.60. The summed E-state index contributed by atoms with van der Waals surface area (Å²) in [6.45, 7) is 0. The van der Waals surface area contributed by atoms with E-state index in [1.165, 1.54) is 32.3 Å².